The predicted octanol–water partition coefficient (Wildman–Crippen LogP) is 3.76. The van der Waals surface area contributed by atoms with Gasteiger partial charge in [-0.15, -0.1) is 0 Å². The van der Waals surface area contributed by atoms with Crippen molar-refractivity contribution >= 4 is 21.8 Å². The van der Waals surface area contributed by atoms with Crippen LogP contribution in [0.3, 0.4) is 0 Å². The predicted molar refractivity (Wildman–Crippen MR) is 93.5 cm³/mol. The van der Waals surface area contributed by atoms with E-state index in [1.807, 2.05) is 61.3 Å². The Hall–Kier alpha value is -1.65. The molecule has 0 spiro atoms. The van der Waals surface area contributed by atoms with E-state index in [0.717, 1.165) is 16.6 Å². The molecule has 2 aromatic rings. The van der Waals surface area contributed by atoms with Crippen LogP contribution < -0.4 is 5.32 Å². The molecule has 2 rings (SSSR count). The lowest BCUT2D eigenvalue weighted by molar-refractivity contribution is -0.122. The third-order valence-corrected chi connectivity index (χ3v) is 3.99. The van der Waals surface area contributed by atoms with Gasteiger partial charge < -0.3 is 5.32 Å². The third-order valence-electron chi connectivity index (χ3n) is 3.46. The zero-order valence-corrected chi connectivity index (χ0v) is 14.5. The lowest BCUT2D eigenvalue weighted by atomic mass is 10.1. The molecule has 116 valence electrons. The molecule has 0 unspecified atom stereocenters. The van der Waals surface area contributed by atoms with Gasteiger partial charge in [0, 0.05) is 11.0 Å². The summed E-state index contributed by atoms with van der Waals surface area (Å²) in [5.41, 5.74) is 2.31. The third kappa shape index (κ3) is 5.28. The largest absolute Gasteiger partial charge is 0.348 e. The molecule has 22 heavy (non-hydrogen) atoms. The van der Waals surface area contributed by atoms with Crippen molar-refractivity contribution < 1.29 is 4.79 Å². The van der Waals surface area contributed by atoms with Crippen molar-refractivity contribution in [1.29, 1.82) is 0 Å². The van der Waals surface area contributed by atoms with E-state index in [0.29, 0.717) is 6.54 Å². The van der Waals surface area contributed by atoms with Gasteiger partial charge in [-0.05, 0) is 37.2 Å². The quantitative estimate of drug-likeness (QED) is 0.850. The topological polar surface area (TPSA) is 32.3 Å². The van der Waals surface area contributed by atoms with E-state index in [9.17, 15) is 4.79 Å². The van der Waals surface area contributed by atoms with Crippen LogP contribution in [0.5, 0.6) is 0 Å². The van der Waals surface area contributed by atoms with E-state index in [1.165, 1.54) is 5.56 Å². The molecule has 0 aliphatic rings. The molecule has 0 bridgehead atoms. The van der Waals surface area contributed by atoms with Crippen LogP contribution in [0.2, 0.25) is 0 Å². The second-order valence-corrected chi connectivity index (χ2v) is 6.41. The van der Waals surface area contributed by atoms with Gasteiger partial charge >= 0.3 is 0 Å². The highest BCUT2D eigenvalue weighted by Crippen LogP contribution is 2.12. The van der Waals surface area contributed by atoms with Crippen LogP contribution in [0.1, 0.15) is 24.1 Å². The monoisotopic (exact) mass is 360 g/mol. The molecular formula is C18H21BrN2O. The van der Waals surface area contributed by atoms with Crippen LogP contribution in [0, 0.1) is 0 Å². The van der Waals surface area contributed by atoms with Gasteiger partial charge in [-0.2, -0.15) is 0 Å². The number of halogens is 1. The lowest BCUT2D eigenvalue weighted by Crippen LogP contribution is -2.36. The molecule has 1 amide bonds. The molecule has 2 aromatic carbocycles. The number of nitrogens with one attached hydrogen (secondary N) is 1. The maximum atomic E-state index is 12.1. The standard InChI is InChI=1S/C18H21BrN2O/c1-14(16-6-4-3-5-7-16)20-18(22)13-21(2)12-15-8-10-17(19)11-9-15/h3-11,14H,12-13H2,1-2H3,(H,20,22)/t14-/m0/s1. The molecule has 0 aromatic heterocycles. The van der Waals surface area contributed by atoms with Crippen molar-refractivity contribution in [1.82, 2.24) is 10.2 Å². The van der Waals surface area contributed by atoms with E-state index < -0.39 is 0 Å². The van der Waals surface area contributed by atoms with Crippen molar-refractivity contribution in [2.45, 2.75) is 19.5 Å². The van der Waals surface area contributed by atoms with Gasteiger partial charge in [-0.1, -0.05) is 58.4 Å². The molecule has 1 atom stereocenters. The Morgan fingerprint density at radius 2 is 1.77 bits per heavy atom. The summed E-state index contributed by atoms with van der Waals surface area (Å²) in [5, 5.41) is 3.03. The maximum Gasteiger partial charge on any atom is 0.234 e. The minimum Gasteiger partial charge on any atom is -0.348 e. The highest BCUT2D eigenvalue weighted by Gasteiger charge is 2.11. The van der Waals surface area contributed by atoms with Gasteiger partial charge in [0.25, 0.3) is 0 Å². The summed E-state index contributed by atoms with van der Waals surface area (Å²) in [7, 11) is 1.95. The smallest absolute Gasteiger partial charge is 0.234 e. The van der Waals surface area contributed by atoms with Crippen molar-refractivity contribution in [2.75, 3.05) is 13.6 Å². The van der Waals surface area contributed by atoms with Crippen LogP contribution in [0.4, 0.5) is 0 Å². The number of likely N-dealkylation sites (N-methyl/N-ethyl adjacent to an activating group) is 1. The van der Waals surface area contributed by atoms with Crippen LogP contribution in [-0.2, 0) is 11.3 Å². The summed E-state index contributed by atoms with van der Waals surface area (Å²) in [4.78, 5) is 14.1. The number of benzene rings is 2. The molecule has 1 N–H and O–H groups in total. The van der Waals surface area contributed by atoms with E-state index in [1.54, 1.807) is 0 Å². The number of rotatable bonds is 6. The highest BCUT2D eigenvalue weighted by molar-refractivity contribution is 9.10. The van der Waals surface area contributed by atoms with Gasteiger partial charge in [0.1, 0.15) is 0 Å². The number of carbonyl (C=O) groups excluding carboxylic acids is 1. The zero-order chi connectivity index (χ0) is 15.9. The molecule has 0 radical (unpaired) electrons. The van der Waals surface area contributed by atoms with Crippen LogP contribution in [0.25, 0.3) is 0 Å². The summed E-state index contributed by atoms with van der Waals surface area (Å²) in [6, 6.07) is 18.2. The Kier molecular flexibility index (Phi) is 6.16. The zero-order valence-electron chi connectivity index (χ0n) is 12.9. The van der Waals surface area contributed by atoms with Gasteiger partial charge in [-0.25, -0.2) is 0 Å². The first-order valence-corrected chi connectivity index (χ1v) is 8.11. The Bertz CT molecular complexity index is 598. The van der Waals surface area contributed by atoms with Crippen LogP contribution in [0.15, 0.2) is 59.1 Å². The number of hydrogen-bond acceptors (Lipinski definition) is 2. The highest BCUT2D eigenvalue weighted by atomic mass is 79.9. The number of hydrogen-bond donors (Lipinski definition) is 1. The van der Waals surface area contributed by atoms with Crippen LogP contribution >= 0.6 is 15.9 Å². The Morgan fingerprint density at radius 1 is 1.14 bits per heavy atom. The first-order chi connectivity index (χ1) is 10.5. The van der Waals surface area contributed by atoms with Crippen molar-refractivity contribution in [3.05, 3.63) is 70.2 Å². The number of nitrogens with zero attached hydrogens (tertiary/aromatic N) is 1. The van der Waals surface area contributed by atoms with E-state index in [2.05, 4.69) is 33.4 Å². The Labute approximate surface area is 140 Å². The molecule has 0 heterocycles. The molecular weight excluding hydrogens is 340 g/mol. The van der Waals surface area contributed by atoms with Crippen molar-refractivity contribution in [3.8, 4) is 0 Å². The number of carbonyl (C=O) groups is 1. The molecule has 0 fully saturated rings. The van der Waals surface area contributed by atoms with Gasteiger partial charge in [0.15, 0.2) is 0 Å². The first-order valence-electron chi connectivity index (χ1n) is 7.32. The van der Waals surface area contributed by atoms with Gasteiger partial charge in [-0.3, -0.25) is 9.69 Å². The molecule has 0 saturated carbocycles. The SMILES string of the molecule is C[C@H](NC(=O)CN(C)Cc1ccc(Br)cc1)c1ccccc1. The van der Waals surface area contributed by atoms with E-state index >= 15 is 0 Å². The van der Waals surface area contributed by atoms with Crippen molar-refractivity contribution in [3.63, 3.8) is 0 Å². The fraction of sp³-hybridized carbons (Fsp3) is 0.278. The van der Waals surface area contributed by atoms with Crippen LogP contribution in [-0.4, -0.2) is 24.4 Å². The number of amides is 1. The normalized spacial score (nSPS) is 12.2. The average Bonchev–Trinajstić information content (AvgIpc) is 2.50. The van der Waals surface area contributed by atoms with Gasteiger partial charge in [0.2, 0.25) is 5.91 Å². The second kappa shape index (κ2) is 8.11. The summed E-state index contributed by atoms with van der Waals surface area (Å²) < 4.78 is 1.06. The Balaban J connectivity index is 1.82. The fourth-order valence-corrected chi connectivity index (χ4v) is 2.58. The lowest BCUT2D eigenvalue weighted by Gasteiger charge is -2.19. The summed E-state index contributed by atoms with van der Waals surface area (Å²) in [6.07, 6.45) is 0. The van der Waals surface area contributed by atoms with E-state index in [-0.39, 0.29) is 11.9 Å². The van der Waals surface area contributed by atoms with Gasteiger partial charge in [0.05, 0.1) is 12.6 Å². The molecule has 0 aliphatic heterocycles. The van der Waals surface area contributed by atoms with E-state index in [4.69, 9.17) is 0 Å². The average molecular weight is 361 g/mol. The summed E-state index contributed by atoms with van der Waals surface area (Å²) in [6.45, 7) is 3.13. The molecule has 4 heteroatoms. The minimum atomic E-state index is 0.0229. The second-order valence-electron chi connectivity index (χ2n) is 5.50. The fourth-order valence-electron chi connectivity index (χ4n) is 2.31. The summed E-state index contributed by atoms with van der Waals surface area (Å²) in [5.74, 6) is 0.0379. The minimum absolute atomic E-state index is 0.0229. The maximum absolute atomic E-state index is 12.1. The molecule has 3 nitrogen and oxygen atoms in total. The first kappa shape index (κ1) is 16.7. The molecule has 0 saturated heterocycles. The summed E-state index contributed by atoms with van der Waals surface area (Å²) >= 11 is 3.42. The van der Waals surface area contributed by atoms with Crippen molar-refractivity contribution in [2.24, 2.45) is 0 Å². The Morgan fingerprint density at radius 3 is 2.41 bits per heavy atom. The molecule has 0 aliphatic carbocycles.